The minimum atomic E-state index is -0.542. The van der Waals surface area contributed by atoms with Crippen LogP contribution in [0.1, 0.15) is 34.1 Å². The average molecular weight is 378 g/mol. The van der Waals surface area contributed by atoms with E-state index in [0.29, 0.717) is 6.42 Å². The zero-order valence-corrected chi connectivity index (χ0v) is 14.6. The largest absolute Gasteiger partial charge is 0.318 e. The Labute approximate surface area is 141 Å². The number of fused-ring (bicyclic) bond motifs is 1. The Balaban J connectivity index is 1.87. The van der Waals surface area contributed by atoms with Crippen molar-refractivity contribution in [1.29, 1.82) is 0 Å². The van der Waals surface area contributed by atoms with E-state index >= 15 is 0 Å². The number of ketones is 1. The maximum atomic E-state index is 12.9. The third kappa shape index (κ3) is 3.01. The fourth-order valence-corrected chi connectivity index (χ4v) is 4.83. The van der Waals surface area contributed by atoms with Gasteiger partial charge >= 0.3 is 0 Å². The van der Waals surface area contributed by atoms with Crippen LogP contribution in [0.2, 0.25) is 0 Å². The van der Waals surface area contributed by atoms with Crippen LogP contribution in [-0.2, 0) is 17.6 Å². The Morgan fingerprint density at radius 2 is 2.09 bits per heavy atom. The van der Waals surface area contributed by atoms with Gasteiger partial charge in [-0.25, -0.2) is 0 Å². The summed E-state index contributed by atoms with van der Waals surface area (Å²) in [6.07, 6.45) is 2.29. The number of halogens is 1. The zero-order valence-electron chi connectivity index (χ0n) is 12.2. The first kappa shape index (κ1) is 15.4. The summed E-state index contributed by atoms with van der Waals surface area (Å²) in [4.78, 5) is 24.8. The topological polar surface area (TPSA) is 46.2 Å². The molecule has 114 valence electrons. The molecule has 1 N–H and O–H groups in total. The smallest absolute Gasteiger partial charge is 0.221 e. The van der Waals surface area contributed by atoms with Gasteiger partial charge in [0.1, 0.15) is 0 Å². The molecule has 1 atom stereocenters. The van der Waals surface area contributed by atoms with Crippen molar-refractivity contribution >= 4 is 44.0 Å². The number of aryl methyl sites for hydroxylation is 1. The molecule has 0 spiro atoms. The van der Waals surface area contributed by atoms with Crippen molar-refractivity contribution in [3.05, 3.63) is 52.4 Å². The maximum absolute atomic E-state index is 12.9. The molecule has 1 aromatic carbocycles. The van der Waals surface area contributed by atoms with Crippen LogP contribution in [0, 0.1) is 0 Å². The van der Waals surface area contributed by atoms with Gasteiger partial charge in [-0.2, -0.15) is 0 Å². The lowest BCUT2D eigenvalue weighted by Gasteiger charge is -2.30. The number of rotatable bonds is 3. The summed E-state index contributed by atoms with van der Waals surface area (Å²) in [5.41, 5.74) is 2.19. The van der Waals surface area contributed by atoms with Crippen molar-refractivity contribution in [1.82, 2.24) is 0 Å². The Morgan fingerprint density at radius 1 is 1.36 bits per heavy atom. The van der Waals surface area contributed by atoms with E-state index in [-0.39, 0.29) is 11.7 Å². The lowest BCUT2D eigenvalue weighted by atomic mass is 9.83. The summed E-state index contributed by atoms with van der Waals surface area (Å²) >= 11 is 5.07. The first-order chi connectivity index (χ1) is 10.5. The van der Waals surface area contributed by atoms with Crippen molar-refractivity contribution in [2.24, 2.45) is 0 Å². The first-order valence-electron chi connectivity index (χ1n) is 7.16. The van der Waals surface area contributed by atoms with E-state index in [1.807, 2.05) is 36.4 Å². The fourth-order valence-electron chi connectivity index (χ4n) is 2.78. The van der Waals surface area contributed by atoms with Crippen molar-refractivity contribution in [2.75, 3.05) is 5.32 Å². The van der Waals surface area contributed by atoms with Crippen molar-refractivity contribution < 1.29 is 9.59 Å². The molecule has 1 unspecified atom stereocenters. The molecule has 1 aliphatic carbocycles. The average Bonchev–Trinajstić information content (AvgIpc) is 2.87. The van der Waals surface area contributed by atoms with Crippen LogP contribution in [-0.4, -0.2) is 16.0 Å². The molecule has 0 bridgehead atoms. The molecule has 1 heterocycles. The molecule has 3 rings (SSSR count). The van der Waals surface area contributed by atoms with Gasteiger partial charge in [0.2, 0.25) is 5.91 Å². The van der Waals surface area contributed by atoms with E-state index in [1.165, 1.54) is 18.3 Å². The second kappa shape index (κ2) is 5.97. The molecule has 0 aliphatic heterocycles. The van der Waals surface area contributed by atoms with Crippen LogP contribution in [0.15, 0.2) is 36.4 Å². The third-order valence-corrected chi connectivity index (χ3v) is 5.97. The number of Topliss-reactive ketones (excluding diaryl/α,β-unsaturated/α-hetero) is 1. The first-order valence-corrected chi connectivity index (χ1v) is 8.77. The molecular formula is C17H16BrNO2S. The van der Waals surface area contributed by atoms with Gasteiger partial charge in [0, 0.05) is 6.92 Å². The highest BCUT2D eigenvalue weighted by Gasteiger charge is 2.41. The lowest BCUT2D eigenvalue weighted by Crippen LogP contribution is -2.38. The summed E-state index contributed by atoms with van der Waals surface area (Å²) in [7, 11) is 0. The van der Waals surface area contributed by atoms with E-state index in [0.717, 1.165) is 33.8 Å². The van der Waals surface area contributed by atoms with E-state index in [1.54, 1.807) is 0 Å². The number of anilines is 1. The minimum Gasteiger partial charge on any atom is -0.318 e. The van der Waals surface area contributed by atoms with Gasteiger partial charge < -0.3 is 5.32 Å². The summed E-state index contributed by atoms with van der Waals surface area (Å²) < 4.78 is -0.542. The third-order valence-electron chi connectivity index (χ3n) is 3.84. The molecular weight excluding hydrogens is 362 g/mol. The SMILES string of the molecule is CC(=O)Nc1cc2c(s1)C(=O)C(Br)(Cc1ccccc1)CC2. The second-order valence-corrected chi connectivity index (χ2v) is 8.17. The van der Waals surface area contributed by atoms with Crippen LogP contribution in [0.4, 0.5) is 5.00 Å². The molecule has 1 aromatic heterocycles. The van der Waals surface area contributed by atoms with Crippen LogP contribution in [0.3, 0.4) is 0 Å². The van der Waals surface area contributed by atoms with Gasteiger partial charge in [0.25, 0.3) is 0 Å². The number of benzene rings is 1. The molecule has 1 aliphatic rings. The molecule has 0 radical (unpaired) electrons. The Kier molecular flexibility index (Phi) is 4.19. The zero-order chi connectivity index (χ0) is 15.7. The summed E-state index contributed by atoms with van der Waals surface area (Å²) in [6, 6.07) is 12.0. The predicted molar refractivity (Wildman–Crippen MR) is 93.1 cm³/mol. The maximum Gasteiger partial charge on any atom is 0.221 e. The van der Waals surface area contributed by atoms with Gasteiger partial charge in [0.15, 0.2) is 5.78 Å². The molecule has 22 heavy (non-hydrogen) atoms. The van der Waals surface area contributed by atoms with E-state index in [2.05, 4.69) is 21.2 Å². The molecule has 0 saturated carbocycles. The molecule has 1 amide bonds. The van der Waals surface area contributed by atoms with Gasteiger partial charge in [-0.15, -0.1) is 11.3 Å². The quantitative estimate of drug-likeness (QED) is 0.814. The van der Waals surface area contributed by atoms with Crippen LogP contribution in [0.5, 0.6) is 0 Å². The van der Waals surface area contributed by atoms with E-state index < -0.39 is 4.32 Å². The molecule has 5 heteroatoms. The number of carbonyl (C=O) groups is 2. The van der Waals surface area contributed by atoms with Gasteiger partial charge in [-0.05, 0) is 36.5 Å². The Morgan fingerprint density at radius 3 is 2.77 bits per heavy atom. The molecule has 0 saturated heterocycles. The Hall–Kier alpha value is -1.46. The van der Waals surface area contributed by atoms with Crippen molar-refractivity contribution in [3.63, 3.8) is 0 Å². The van der Waals surface area contributed by atoms with Crippen molar-refractivity contribution in [2.45, 2.75) is 30.5 Å². The van der Waals surface area contributed by atoms with Crippen LogP contribution < -0.4 is 5.32 Å². The van der Waals surface area contributed by atoms with Gasteiger partial charge in [0.05, 0.1) is 14.2 Å². The molecule has 3 nitrogen and oxygen atoms in total. The van der Waals surface area contributed by atoms with E-state index in [4.69, 9.17) is 0 Å². The highest BCUT2D eigenvalue weighted by atomic mass is 79.9. The summed E-state index contributed by atoms with van der Waals surface area (Å²) in [5.74, 6) is 0.0136. The van der Waals surface area contributed by atoms with Crippen LogP contribution in [0.25, 0.3) is 0 Å². The van der Waals surface area contributed by atoms with Gasteiger partial charge in [-0.1, -0.05) is 46.3 Å². The van der Waals surface area contributed by atoms with Crippen LogP contribution >= 0.6 is 27.3 Å². The normalized spacial score (nSPS) is 20.5. The molecule has 0 fully saturated rings. The highest BCUT2D eigenvalue weighted by Crippen LogP contribution is 2.42. The monoisotopic (exact) mass is 377 g/mol. The number of amides is 1. The molecule has 2 aromatic rings. The van der Waals surface area contributed by atoms with Gasteiger partial charge in [-0.3, -0.25) is 9.59 Å². The van der Waals surface area contributed by atoms with E-state index in [9.17, 15) is 9.59 Å². The minimum absolute atomic E-state index is 0.111. The standard InChI is InChI=1S/C17H16BrNO2S/c1-11(20)19-14-9-13-7-8-17(18,16(21)15(13)22-14)10-12-5-3-2-4-6-12/h2-6,9H,7-8,10H2,1H3,(H,19,20). The number of nitrogens with one attached hydrogen (secondary N) is 1. The lowest BCUT2D eigenvalue weighted by molar-refractivity contribution is -0.114. The van der Waals surface area contributed by atoms with Crippen molar-refractivity contribution in [3.8, 4) is 0 Å². The number of alkyl halides is 1. The predicted octanol–water partition coefficient (Wildman–Crippen LogP) is 4.21. The second-order valence-electron chi connectivity index (χ2n) is 5.60. The fraction of sp³-hybridized carbons (Fsp3) is 0.294. The Bertz CT molecular complexity index is 726. The number of carbonyl (C=O) groups excluding carboxylic acids is 2. The summed E-state index contributed by atoms with van der Waals surface area (Å²) in [5, 5.41) is 3.52. The number of hydrogen-bond acceptors (Lipinski definition) is 3. The summed E-state index contributed by atoms with van der Waals surface area (Å²) in [6.45, 7) is 1.48. The number of thiophene rings is 1. The highest BCUT2D eigenvalue weighted by molar-refractivity contribution is 9.10. The number of hydrogen-bond donors (Lipinski definition) is 1.